The molecule has 0 spiro atoms. The van der Waals surface area contributed by atoms with E-state index in [9.17, 15) is 9.59 Å². The van der Waals surface area contributed by atoms with Crippen LogP contribution < -0.4 is 5.32 Å². The fourth-order valence-corrected chi connectivity index (χ4v) is 6.81. The predicted octanol–water partition coefficient (Wildman–Crippen LogP) is 5.33. The van der Waals surface area contributed by atoms with Crippen molar-refractivity contribution in [2.45, 2.75) is 115 Å². The number of likely N-dealkylation sites (tertiary alicyclic amines) is 1. The summed E-state index contributed by atoms with van der Waals surface area (Å²) in [5.41, 5.74) is 1.30. The minimum Gasteiger partial charge on any atom is -0.463 e. The van der Waals surface area contributed by atoms with Crippen LogP contribution in [0.1, 0.15) is 101 Å². The van der Waals surface area contributed by atoms with Gasteiger partial charge in [-0.3, -0.25) is 9.59 Å². The molecule has 2 amide bonds. The van der Waals surface area contributed by atoms with E-state index in [1.54, 1.807) is 6.26 Å². The van der Waals surface area contributed by atoms with Gasteiger partial charge in [0, 0.05) is 37.3 Å². The average molecular weight is 497 g/mol. The molecule has 0 unspecified atom stereocenters. The van der Waals surface area contributed by atoms with E-state index in [4.69, 9.17) is 4.42 Å². The summed E-state index contributed by atoms with van der Waals surface area (Å²) >= 11 is 0. The molecule has 36 heavy (non-hydrogen) atoms. The minimum absolute atomic E-state index is 0.0122. The summed E-state index contributed by atoms with van der Waals surface area (Å²) in [6.45, 7) is 7.41. The molecule has 7 nitrogen and oxygen atoms in total. The lowest BCUT2D eigenvalue weighted by molar-refractivity contribution is -0.133. The number of carbonyl (C=O) groups excluding carboxylic acids is 2. The van der Waals surface area contributed by atoms with Gasteiger partial charge >= 0.3 is 0 Å². The minimum atomic E-state index is -0.929. The van der Waals surface area contributed by atoms with Crippen molar-refractivity contribution in [1.82, 2.24) is 19.7 Å². The first kappa shape index (κ1) is 25.4. The molecule has 1 saturated carbocycles. The number of piperidine rings is 1. The van der Waals surface area contributed by atoms with E-state index in [1.165, 1.54) is 44.9 Å². The van der Waals surface area contributed by atoms with Crippen LogP contribution in [0.4, 0.5) is 0 Å². The van der Waals surface area contributed by atoms with Crippen molar-refractivity contribution in [1.29, 1.82) is 0 Å². The first-order valence-electron chi connectivity index (χ1n) is 14.4. The number of fused-ring (bicyclic) bond motifs is 3. The van der Waals surface area contributed by atoms with Gasteiger partial charge in [0.15, 0.2) is 5.58 Å². The molecular weight excluding hydrogens is 452 g/mol. The van der Waals surface area contributed by atoms with Crippen LogP contribution in [0.25, 0.3) is 11.1 Å². The summed E-state index contributed by atoms with van der Waals surface area (Å²) < 4.78 is 7.61. The molecule has 0 aromatic carbocycles. The summed E-state index contributed by atoms with van der Waals surface area (Å²) in [6, 6.07) is 4.59. The van der Waals surface area contributed by atoms with Gasteiger partial charge in [0.25, 0.3) is 5.91 Å². The van der Waals surface area contributed by atoms with E-state index in [-0.39, 0.29) is 17.9 Å². The van der Waals surface area contributed by atoms with Crippen molar-refractivity contribution in [3.63, 3.8) is 0 Å². The van der Waals surface area contributed by atoms with E-state index in [0.29, 0.717) is 30.4 Å². The second-order valence-electron chi connectivity index (χ2n) is 11.5. The van der Waals surface area contributed by atoms with Crippen LogP contribution in [0.3, 0.4) is 0 Å². The fourth-order valence-electron chi connectivity index (χ4n) is 6.81. The topological polar surface area (TPSA) is 70.7 Å². The summed E-state index contributed by atoms with van der Waals surface area (Å²) in [4.78, 5) is 32.3. The molecule has 2 aromatic rings. The Bertz CT molecular complexity index is 1050. The van der Waals surface area contributed by atoms with Gasteiger partial charge in [-0.1, -0.05) is 45.4 Å². The molecule has 0 radical (unpaired) electrons. The quantitative estimate of drug-likeness (QED) is 0.562. The Morgan fingerprint density at radius 1 is 1.08 bits per heavy atom. The molecule has 1 aliphatic carbocycles. The Balaban J connectivity index is 1.36. The Morgan fingerprint density at radius 3 is 2.61 bits per heavy atom. The normalized spacial score (nSPS) is 26.6. The highest BCUT2D eigenvalue weighted by Gasteiger charge is 2.48. The molecule has 2 aliphatic heterocycles. The summed E-state index contributed by atoms with van der Waals surface area (Å²) in [7, 11) is 0. The molecule has 2 fully saturated rings. The van der Waals surface area contributed by atoms with Gasteiger partial charge in [-0.2, -0.15) is 0 Å². The van der Waals surface area contributed by atoms with Crippen molar-refractivity contribution < 1.29 is 14.0 Å². The molecule has 4 heterocycles. The van der Waals surface area contributed by atoms with Crippen molar-refractivity contribution >= 4 is 22.9 Å². The molecule has 5 rings (SSSR count). The van der Waals surface area contributed by atoms with Crippen LogP contribution in [0, 0.1) is 0 Å². The largest absolute Gasteiger partial charge is 0.463 e. The molecule has 2 aromatic heterocycles. The van der Waals surface area contributed by atoms with E-state index < -0.39 is 5.54 Å². The van der Waals surface area contributed by atoms with E-state index in [2.05, 4.69) is 17.1 Å². The molecule has 1 N–H and O–H groups in total. The summed E-state index contributed by atoms with van der Waals surface area (Å²) in [5, 5.41) is 3.39. The maximum atomic E-state index is 14.0. The third kappa shape index (κ3) is 4.96. The lowest BCUT2D eigenvalue weighted by Crippen LogP contribution is -2.65. The number of amides is 2. The number of hydrogen-bond donors (Lipinski definition) is 1. The number of carbonyl (C=O) groups is 2. The SMILES string of the molecule is CC[C@@H]1CCCCN1CCCN1C(=O)c2cc3occc3n2C[C@@]1(C)C(=O)NC1CCCCCCC1. The van der Waals surface area contributed by atoms with Crippen molar-refractivity contribution in [3.05, 3.63) is 24.1 Å². The zero-order chi connectivity index (χ0) is 25.1. The third-order valence-electron chi connectivity index (χ3n) is 9.03. The van der Waals surface area contributed by atoms with Gasteiger partial charge in [0.05, 0.1) is 18.3 Å². The predicted molar refractivity (Wildman–Crippen MR) is 142 cm³/mol. The van der Waals surface area contributed by atoms with Crippen LogP contribution in [0.15, 0.2) is 22.8 Å². The van der Waals surface area contributed by atoms with E-state index >= 15 is 0 Å². The molecule has 2 atom stereocenters. The Labute approximate surface area is 215 Å². The highest BCUT2D eigenvalue weighted by molar-refractivity contribution is 6.02. The van der Waals surface area contributed by atoms with Crippen LogP contribution >= 0.6 is 0 Å². The van der Waals surface area contributed by atoms with Crippen LogP contribution in [0.5, 0.6) is 0 Å². The van der Waals surface area contributed by atoms with Crippen molar-refractivity contribution in [2.75, 3.05) is 19.6 Å². The Morgan fingerprint density at radius 2 is 1.83 bits per heavy atom. The number of aromatic nitrogens is 1. The number of nitrogens with zero attached hydrogens (tertiary/aromatic N) is 3. The van der Waals surface area contributed by atoms with Crippen LogP contribution in [-0.2, 0) is 11.3 Å². The lowest BCUT2D eigenvalue weighted by Gasteiger charge is -2.45. The summed E-state index contributed by atoms with van der Waals surface area (Å²) in [6.07, 6.45) is 15.7. The highest BCUT2D eigenvalue weighted by Crippen LogP contribution is 2.33. The first-order valence-corrected chi connectivity index (χ1v) is 14.4. The number of nitrogens with one attached hydrogen (secondary N) is 1. The van der Waals surface area contributed by atoms with Crippen LogP contribution in [-0.4, -0.2) is 63.4 Å². The molecular formula is C29H44N4O3. The molecule has 7 heteroatoms. The average Bonchev–Trinajstić information content (AvgIpc) is 3.45. The van der Waals surface area contributed by atoms with Gasteiger partial charge in [0.2, 0.25) is 5.91 Å². The second-order valence-corrected chi connectivity index (χ2v) is 11.5. The molecule has 0 bridgehead atoms. The second kappa shape index (κ2) is 11.0. The fraction of sp³-hybridized carbons (Fsp3) is 0.724. The van der Waals surface area contributed by atoms with Crippen molar-refractivity contribution in [3.8, 4) is 0 Å². The Kier molecular flexibility index (Phi) is 7.75. The summed E-state index contributed by atoms with van der Waals surface area (Å²) in [5.74, 6) is -0.0736. The van der Waals surface area contributed by atoms with Gasteiger partial charge in [-0.05, 0) is 52.0 Å². The Hall–Kier alpha value is -2.28. The smallest absolute Gasteiger partial charge is 0.271 e. The van der Waals surface area contributed by atoms with Gasteiger partial charge in [0.1, 0.15) is 11.2 Å². The number of furan rings is 1. The number of hydrogen-bond acceptors (Lipinski definition) is 4. The molecule has 3 aliphatic rings. The van der Waals surface area contributed by atoms with E-state index in [0.717, 1.165) is 50.7 Å². The zero-order valence-electron chi connectivity index (χ0n) is 22.3. The maximum Gasteiger partial charge on any atom is 0.271 e. The van der Waals surface area contributed by atoms with Crippen LogP contribution in [0.2, 0.25) is 0 Å². The zero-order valence-corrected chi connectivity index (χ0v) is 22.3. The maximum absolute atomic E-state index is 14.0. The molecule has 198 valence electrons. The molecule has 1 saturated heterocycles. The van der Waals surface area contributed by atoms with Gasteiger partial charge in [-0.25, -0.2) is 0 Å². The first-order chi connectivity index (χ1) is 17.5. The lowest BCUT2D eigenvalue weighted by atomic mass is 9.92. The number of rotatable bonds is 7. The van der Waals surface area contributed by atoms with Gasteiger partial charge in [-0.15, -0.1) is 0 Å². The van der Waals surface area contributed by atoms with Gasteiger partial charge < -0.3 is 24.1 Å². The van der Waals surface area contributed by atoms with Crippen molar-refractivity contribution in [2.24, 2.45) is 0 Å². The standard InChI is InChI=1S/C29H44N4O3/c1-3-23-14-9-10-16-31(23)17-11-18-33-27(34)25-20-26-24(15-19-36-26)32(25)21-29(33,2)28(35)30-22-12-7-5-4-6-8-13-22/h15,19-20,22-23H,3-14,16-18,21H2,1-2H3,(H,30,35)/t23-,29+/m1/s1. The third-order valence-corrected chi connectivity index (χ3v) is 9.03. The van der Waals surface area contributed by atoms with E-state index in [1.807, 2.05) is 28.5 Å². The monoisotopic (exact) mass is 496 g/mol. The highest BCUT2D eigenvalue weighted by atomic mass is 16.3.